The van der Waals surface area contributed by atoms with Gasteiger partial charge >= 0.3 is 5.97 Å². The number of aliphatic hydroxyl groups is 1. The number of phenols is 1. The quantitative estimate of drug-likeness (QED) is 0.0194. The van der Waals surface area contributed by atoms with Crippen LogP contribution in [-0.2, 0) is 60.8 Å². The number of benzene rings is 1. The number of hydrogen-bond acceptors (Lipinski definition) is 17. The van der Waals surface area contributed by atoms with Gasteiger partial charge in [0.25, 0.3) is 0 Å². The second kappa shape index (κ2) is 35.8. The summed E-state index contributed by atoms with van der Waals surface area (Å²) in [7, 11) is 0. The molecule has 0 radical (unpaired) electrons. The van der Waals surface area contributed by atoms with Gasteiger partial charge in [0, 0.05) is 37.8 Å². The van der Waals surface area contributed by atoms with Gasteiger partial charge in [0.2, 0.25) is 53.2 Å². The minimum absolute atomic E-state index is 0.0656. The summed E-state index contributed by atoms with van der Waals surface area (Å²) in [6.07, 6.45) is 7.24. The molecular weight excluding hydrogens is 1130 g/mol. The zero-order valence-electron chi connectivity index (χ0n) is 49.0. The Morgan fingerprint density at radius 2 is 1.17 bits per heavy atom. The summed E-state index contributed by atoms with van der Waals surface area (Å²) in [6, 6.07) is -6.91. The van der Waals surface area contributed by atoms with E-state index in [1.54, 1.807) is 47.8 Å². The van der Waals surface area contributed by atoms with Crippen molar-refractivity contribution in [2.45, 2.75) is 153 Å². The summed E-state index contributed by atoms with van der Waals surface area (Å²) in [5, 5.41) is 51.4. The van der Waals surface area contributed by atoms with Gasteiger partial charge in [0.05, 0.1) is 19.0 Å². The lowest BCUT2D eigenvalue weighted by Gasteiger charge is -2.31. The molecule has 2 aromatic rings. The van der Waals surface area contributed by atoms with Gasteiger partial charge in [-0.2, -0.15) is 23.5 Å². The molecule has 1 saturated heterocycles. The number of nitrogens with two attached hydrogens (primary N) is 3. The third-order valence-corrected chi connectivity index (χ3v) is 15.1. The Balaban J connectivity index is 1.83. The van der Waals surface area contributed by atoms with E-state index in [4.69, 9.17) is 17.2 Å². The standard InChI is InChI=1S/C54H87N15O13S2/c1-28(2)41(66-44(72)34(55)17-21-83-7)51(79)65-39(26-70)52(80)69-20-10-12-40(69)48(76)61-35(18-22-84-8)45(73)67-42(29(3)4)50(78)64-38(24-32-25-58-27-60-32)47(75)68-43(30(5)6)49(77)63-37(23-31-13-15-33(71)16-14-31)46(74)62-36(53(81)82)11-9-19-59-54(56)57/h13-16,25,27-30,34-43,70-71H,9-12,17-24,26,55H2,1-8H3,(H,58,60)(H,61,76)(H,62,74)(H,63,77)(H,64,78)(H,65,79)(H,66,72)(H,67,73)(H,68,75)(H,81,82)(H4,56,57,59)/t34-,35-,36-,37-,38-,39-,40-,41-,42-,43-/m0/s1. The molecule has 1 fully saturated rings. The highest BCUT2D eigenvalue weighted by Gasteiger charge is 2.41. The first-order chi connectivity index (χ1) is 39.7. The van der Waals surface area contributed by atoms with Crippen LogP contribution in [0.5, 0.6) is 5.75 Å². The fourth-order valence-corrected chi connectivity index (χ4v) is 9.89. The smallest absolute Gasteiger partial charge is 0.326 e. The molecule has 3 rings (SSSR count). The topological polar surface area (TPSA) is 450 Å². The van der Waals surface area contributed by atoms with E-state index >= 15 is 0 Å². The molecule has 84 heavy (non-hydrogen) atoms. The SMILES string of the molecule is CSCC[C@H](NC(=O)[C@@H]1CCCN1C(=O)[C@H](CO)NC(=O)[C@@H](NC(=O)[C@@H](N)CCSC)C(C)C)C(=O)N[C@H](C(=O)N[C@@H](Cc1cnc[nH]1)C(=O)N[C@H](C(=O)N[C@@H](Cc1ccc(O)cc1)C(=O)N[C@@H](CCCN=C(N)N)C(=O)O)C(C)C)C(C)C. The molecule has 0 saturated carbocycles. The number of nitrogens with one attached hydrogen (secondary N) is 9. The van der Waals surface area contributed by atoms with Gasteiger partial charge in [-0.3, -0.25) is 48.1 Å². The minimum Gasteiger partial charge on any atom is -0.508 e. The number of carboxylic acid groups (broad SMARTS) is 1. The zero-order chi connectivity index (χ0) is 62.8. The van der Waals surface area contributed by atoms with Crippen molar-refractivity contribution in [2.75, 3.05) is 43.7 Å². The molecule has 0 bridgehead atoms. The van der Waals surface area contributed by atoms with Gasteiger partial charge in [0.15, 0.2) is 5.96 Å². The second-order valence-electron chi connectivity index (χ2n) is 21.5. The number of carboxylic acids is 1. The number of guanidine groups is 1. The summed E-state index contributed by atoms with van der Waals surface area (Å²) < 4.78 is 0. The molecule has 1 aromatic heterocycles. The first kappa shape index (κ1) is 71.1. The Bertz CT molecular complexity index is 2540. The van der Waals surface area contributed by atoms with Crippen LogP contribution in [0.2, 0.25) is 0 Å². The van der Waals surface area contributed by atoms with Crippen LogP contribution in [0.4, 0.5) is 0 Å². The number of carbonyl (C=O) groups excluding carboxylic acids is 9. The third kappa shape index (κ3) is 23.1. The Morgan fingerprint density at radius 3 is 1.67 bits per heavy atom. The molecule has 1 aromatic carbocycles. The second-order valence-corrected chi connectivity index (χ2v) is 23.4. The fraction of sp³-hybridized carbons (Fsp3) is 0.630. The van der Waals surface area contributed by atoms with Crippen molar-refractivity contribution in [3.05, 3.63) is 48.0 Å². The largest absolute Gasteiger partial charge is 0.508 e. The van der Waals surface area contributed by atoms with Gasteiger partial charge in [-0.15, -0.1) is 0 Å². The van der Waals surface area contributed by atoms with Crippen LogP contribution in [0.1, 0.15) is 91.3 Å². The molecule has 18 N–H and O–H groups in total. The molecule has 0 spiro atoms. The molecule has 0 aliphatic carbocycles. The van der Waals surface area contributed by atoms with Crippen LogP contribution in [-0.4, -0.2) is 199 Å². The molecule has 0 unspecified atom stereocenters. The number of aromatic amines is 1. The van der Waals surface area contributed by atoms with Gasteiger partial charge < -0.3 is 84.9 Å². The number of aliphatic carboxylic acids is 1. The predicted molar refractivity (Wildman–Crippen MR) is 317 cm³/mol. The number of thioether (sulfide) groups is 2. The minimum atomic E-state index is -1.49. The van der Waals surface area contributed by atoms with E-state index in [-0.39, 0.29) is 63.3 Å². The monoisotopic (exact) mass is 1220 g/mol. The van der Waals surface area contributed by atoms with Crippen molar-refractivity contribution in [2.24, 2.45) is 39.9 Å². The van der Waals surface area contributed by atoms with Crippen molar-refractivity contribution in [3.8, 4) is 5.75 Å². The van der Waals surface area contributed by atoms with Crippen LogP contribution < -0.4 is 59.7 Å². The van der Waals surface area contributed by atoms with Gasteiger partial charge in [-0.1, -0.05) is 53.7 Å². The number of hydrogen-bond donors (Lipinski definition) is 15. The first-order valence-corrected chi connectivity index (χ1v) is 30.6. The molecule has 9 amide bonds. The normalized spacial score (nSPS) is 16.3. The van der Waals surface area contributed by atoms with E-state index in [2.05, 4.69) is 57.5 Å². The predicted octanol–water partition coefficient (Wildman–Crippen LogP) is -2.30. The van der Waals surface area contributed by atoms with Crippen LogP contribution in [0.25, 0.3) is 0 Å². The van der Waals surface area contributed by atoms with E-state index in [1.807, 2.05) is 6.26 Å². The molecular formula is C54H87N15O13S2. The molecule has 1 aliphatic heterocycles. The fourth-order valence-electron chi connectivity index (χ4n) is 8.93. The van der Waals surface area contributed by atoms with Crippen LogP contribution in [0.3, 0.4) is 0 Å². The summed E-state index contributed by atoms with van der Waals surface area (Å²) in [4.78, 5) is 150. The number of phenolic OH excluding ortho intramolecular Hbond substituents is 1. The number of aliphatic hydroxyl groups excluding tert-OH is 1. The van der Waals surface area contributed by atoms with Crippen LogP contribution >= 0.6 is 23.5 Å². The maximum absolute atomic E-state index is 14.4. The number of carbonyl (C=O) groups is 10. The van der Waals surface area contributed by atoms with Crippen LogP contribution in [0.15, 0.2) is 41.8 Å². The van der Waals surface area contributed by atoms with Crippen molar-refractivity contribution >= 4 is 88.6 Å². The number of aliphatic imine (C=N–C) groups is 1. The van der Waals surface area contributed by atoms with Crippen molar-refractivity contribution in [1.29, 1.82) is 0 Å². The van der Waals surface area contributed by atoms with E-state index in [0.29, 0.717) is 35.6 Å². The highest BCUT2D eigenvalue weighted by molar-refractivity contribution is 7.98. The Kier molecular flexibility index (Phi) is 30.3. The lowest BCUT2D eigenvalue weighted by atomic mass is 9.99. The maximum Gasteiger partial charge on any atom is 0.326 e. The van der Waals surface area contributed by atoms with Crippen molar-refractivity contribution in [1.82, 2.24) is 57.4 Å². The maximum atomic E-state index is 14.4. The molecule has 2 heterocycles. The number of aromatic hydroxyl groups is 1. The molecule has 30 heteroatoms. The van der Waals surface area contributed by atoms with Gasteiger partial charge in [-0.05, 0) is 98.0 Å². The van der Waals surface area contributed by atoms with E-state index in [1.165, 1.54) is 65.2 Å². The Hall–Kier alpha value is -7.18. The number of aromatic nitrogens is 2. The average Bonchev–Trinajstić information content (AvgIpc) is 4.36. The Labute approximate surface area is 498 Å². The summed E-state index contributed by atoms with van der Waals surface area (Å²) in [5.74, 6) is -9.15. The Morgan fingerprint density at radius 1 is 0.667 bits per heavy atom. The number of rotatable bonds is 36. The van der Waals surface area contributed by atoms with E-state index in [0.717, 1.165) is 0 Å². The van der Waals surface area contributed by atoms with Crippen LogP contribution in [0, 0.1) is 17.8 Å². The highest BCUT2D eigenvalue weighted by atomic mass is 32.2. The lowest BCUT2D eigenvalue weighted by molar-refractivity contribution is -0.143. The number of imidazole rings is 1. The summed E-state index contributed by atoms with van der Waals surface area (Å²) >= 11 is 2.89. The average molecular weight is 1220 g/mol. The van der Waals surface area contributed by atoms with Gasteiger partial charge in [-0.25, -0.2) is 9.78 Å². The number of nitrogens with zero attached hydrogens (tertiary/aromatic N) is 3. The summed E-state index contributed by atoms with van der Waals surface area (Å²) in [6.45, 7) is 9.29. The van der Waals surface area contributed by atoms with Crippen molar-refractivity contribution in [3.63, 3.8) is 0 Å². The van der Waals surface area contributed by atoms with Crippen molar-refractivity contribution < 1.29 is 63.3 Å². The molecule has 468 valence electrons. The first-order valence-electron chi connectivity index (χ1n) is 27.8. The number of likely N-dealkylation sites (tertiary alicyclic amines) is 1. The zero-order valence-corrected chi connectivity index (χ0v) is 50.6. The number of H-pyrrole nitrogens is 1. The highest BCUT2D eigenvalue weighted by Crippen LogP contribution is 2.21. The van der Waals surface area contributed by atoms with E-state index in [9.17, 15) is 63.3 Å². The third-order valence-electron chi connectivity index (χ3n) is 13.8. The number of amides is 9. The van der Waals surface area contributed by atoms with E-state index < -0.39 is 144 Å². The molecule has 28 nitrogen and oxygen atoms in total. The summed E-state index contributed by atoms with van der Waals surface area (Å²) in [5.41, 5.74) is 17.7. The lowest BCUT2D eigenvalue weighted by Crippen LogP contribution is -2.62. The van der Waals surface area contributed by atoms with Gasteiger partial charge in [0.1, 0.15) is 60.1 Å². The molecule has 10 atom stereocenters. The molecule has 1 aliphatic rings.